The zero-order valence-corrected chi connectivity index (χ0v) is 13.6. The molecule has 0 saturated carbocycles. The van der Waals surface area contributed by atoms with Crippen LogP contribution in [0.5, 0.6) is 0 Å². The quantitative estimate of drug-likeness (QED) is 0.914. The van der Waals surface area contributed by atoms with Gasteiger partial charge in [0, 0.05) is 10.9 Å². The Morgan fingerprint density at radius 2 is 2.29 bits per heavy atom. The van der Waals surface area contributed by atoms with Crippen LogP contribution in [0.25, 0.3) is 0 Å². The minimum atomic E-state index is -3.03. The van der Waals surface area contributed by atoms with Gasteiger partial charge in [-0.05, 0) is 30.7 Å². The normalized spacial score (nSPS) is 32.5. The molecule has 21 heavy (non-hydrogen) atoms. The highest BCUT2D eigenvalue weighted by molar-refractivity contribution is 7.91. The first-order valence-corrected chi connectivity index (χ1v) is 10.0. The number of nitrogens with one attached hydrogen (secondary N) is 1. The second-order valence-electron chi connectivity index (χ2n) is 5.70. The van der Waals surface area contributed by atoms with E-state index in [2.05, 4.69) is 5.32 Å². The van der Waals surface area contributed by atoms with Crippen LogP contribution in [0.1, 0.15) is 37.2 Å². The van der Waals surface area contributed by atoms with E-state index in [-0.39, 0.29) is 35.7 Å². The van der Waals surface area contributed by atoms with E-state index in [1.54, 1.807) is 16.2 Å². The van der Waals surface area contributed by atoms with Gasteiger partial charge in [-0.15, -0.1) is 11.3 Å². The molecule has 5 nitrogen and oxygen atoms in total. The van der Waals surface area contributed by atoms with E-state index < -0.39 is 9.84 Å². The van der Waals surface area contributed by atoms with Crippen molar-refractivity contribution in [1.29, 1.82) is 0 Å². The number of hydrogen-bond donors (Lipinski definition) is 1. The molecule has 0 aliphatic carbocycles. The zero-order valence-electron chi connectivity index (χ0n) is 12.0. The molecule has 7 heteroatoms. The third kappa shape index (κ3) is 2.86. The lowest BCUT2D eigenvalue weighted by atomic mass is 10.1. The molecule has 0 aromatic carbocycles. The summed E-state index contributed by atoms with van der Waals surface area (Å²) in [5.41, 5.74) is 0. The van der Waals surface area contributed by atoms with Crippen molar-refractivity contribution in [2.75, 3.05) is 11.5 Å². The van der Waals surface area contributed by atoms with E-state index in [0.29, 0.717) is 6.42 Å². The van der Waals surface area contributed by atoms with Crippen molar-refractivity contribution in [3.8, 4) is 0 Å². The summed E-state index contributed by atoms with van der Waals surface area (Å²) in [6.45, 7) is 1.97. The molecule has 1 N–H and O–H groups in total. The van der Waals surface area contributed by atoms with Crippen molar-refractivity contribution in [1.82, 2.24) is 10.2 Å². The van der Waals surface area contributed by atoms with E-state index >= 15 is 0 Å². The molecule has 2 aliphatic heterocycles. The highest BCUT2D eigenvalue weighted by atomic mass is 32.2. The van der Waals surface area contributed by atoms with Crippen LogP contribution in [0.15, 0.2) is 17.5 Å². The fraction of sp³-hybridized carbons (Fsp3) is 0.643. The molecule has 3 unspecified atom stereocenters. The average Bonchev–Trinajstić information content (AvgIpc) is 3.04. The number of rotatable bonds is 3. The Kier molecular flexibility index (Phi) is 4.07. The maximum absolute atomic E-state index is 12.6. The first-order valence-electron chi connectivity index (χ1n) is 7.34. The zero-order chi connectivity index (χ0) is 15.0. The SMILES string of the molecule is CCC1NC(c2cccs2)N(C2CCCS(=O)(=O)C2)C1=O. The number of nitrogens with zero attached hydrogens (tertiary/aromatic N) is 1. The smallest absolute Gasteiger partial charge is 0.241 e. The second kappa shape index (κ2) is 5.70. The van der Waals surface area contributed by atoms with Crippen LogP contribution < -0.4 is 5.32 Å². The first-order chi connectivity index (χ1) is 10.0. The molecule has 3 rings (SSSR count). The topological polar surface area (TPSA) is 66.5 Å². The molecule has 0 spiro atoms. The summed E-state index contributed by atoms with van der Waals surface area (Å²) in [6.07, 6.45) is 1.95. The molecule has 0 bridgehead atoms. The van der Waals surface area contributed by atoms with Gasteiger partial charge in [-0.2, -0.15) is 0 Å². The monoisotopic (exact) mass is 328 g/mol. The molecular formula is C14H20N2O3S2. The largest absolute Gasteiger partial charge is 0.317 e. The molecule has 2 saturated heterocycles. The average molecular weight is 328 g/mol. The minimum absolute atomic E-state index is 0.0398. The van der Waals surface area contributed by atoms with Crippen molar-refractivity contribution in [3.05, 3.63) is 22.4 Å². The Morgan fingerprint density at radius 3 is 2.90 bits per heavy atom. The van der Waals surface area contributed by atoms with E-state index in [0.717, 1.165) is 17.7 Å². The van der Waals surface area contributed by atoms with Gasteiger partial charge in [-0.25, -0.2) is 8.42 Å². The Morgan fingerprint density at radius 1 is 1.48 bits per heavy atom. The lowest BCUT2D eigenvalue weighted by Crippen LogP contribution is -2.46. The third-order valence-corrected chi connectivity index (χ3v) is 6.97. The predicted octanol–water partition coefficient (Wildman–Crippen LogP) is 1.53. The van der Waals surface area contributed by atoms with Gasteiger partial charge >= 0.3 is 0 Å². The number of amides is 1. The van der Waals surface area contributed by atoms with E-state index in [1.165, 1.54) is 0 Å². The lowest BCUT2D eigenvalue weighted by Gasteiger charge is -2.34. The molecule has 2 fully saturated rings. The number of sulfone groups is 1. The molecule has 1 amide bonds. The van der Waals surface area contributed by atoms with Gasteiger partial charge in [0.1, 0.15) is 6.17 Å². The number of hydrogen-bond acceptors (Lipinski definition) is 5. The Balaban J connectivity index is 1.90. The van der Waals surface area contributed by atoms with Crippen LogP contribution >= 0.6 is 11.3 Å². The summed E-state index contributed by atoms with van der Waals surface area (Å²) in [5.74, 6) is 0.386. The first kappa shape index (κ1) is 15.0. The lowest BCUT2D eigenvalue weighted by molar-refractivity contribution is -0.132. The summed E-state index contributed by atoms with van der Waals surface area (Å²) in [6, 6.07) is 3.55. The Hall–Kier alpha value is -0.920. The van der Waals surface area contributed by atoms with Crippen LogP contribution in [0, 0.1) is 0 Å². The standard InChI is InChI=1S/C14H20N2O3S2/c1-2-11-14(17)16(10-5-4-8-21(18,19)9-10)13(15-11)12-6-3-7-20-12/h3,6-7,10-11,13,15H,2,4-5,8-9H2,1H3. The van der Waals surface area contributed by atoms with Crippen LogP contribution in [-0.4, -0.2) is 42.8 Å². The highest BCUT2D eigenvalue weighted by Gasteiger charge is 2.44. The fourth-order valence-corrected chi connectivity index (χ4v) is 5.69. The van der Waals surface area contributed by atoms with Crippen molar-refractivity contribution in [2.45, 2.75) is 44.4 Å². The van der Waals surface area contributed by atoms with Crippen LogP contribution in [0.3, 0.4) is 0 Å². The molecular weight excluding hydrogens is 308 g/mol. The van der Waals surface area contributed by atoms with E-state index in [4.69, 9.17) is 0 Å². The molecule has 116 valence electrons. The highest BCUT2D eigenvalue weighted by Crippen LogP contribution is 2.34. The number of carbonyl (C=O) groups is 1. The van der Waals surface area contributed by atoms with E-state index in [9.17, 15) is 13.2 Å². The molecule has 2 aliphatic rings. The molecule has 1 aromatic rings. The summed E-state index contributed by atoms with van der Waals surface area (Å²) in [7, 11) is -3.03. The minimum Gasteiger partial charge on any atom is -0.317 e. The van der Waals surface area contributed by atoms with Crippen LogP contribution in [-0.2, 0) is 14.6 Å². The van der Waals surface area contributed by atoms with Gasteiger partial charge in [0.2, 0.25) is 5.91 Å². The van der Waals surface area contributed by atoms with Crippen molar-refractivity contribution in [3.63, 3.8) is 0 Å². The number of carbonyl (C=O) groups excluding carboxylic acids is 1. The molecule has 1 aromatic heterocycles. The van der Waals surface area contributed by atoms with Crippen molar-refractivity contribution >= 4 is 27.1 Å². The van der Waals surface area contributed by atoms with Gasteiger partial charge < -0.3 is 4.90 Å². The van der Waals surface area contributed by atoms with Gasteiger partial charge in [0.15, 0.2) is 9.84 Å². The fourth-order valence-electron chi connectivity index (χ4n) is 3.22. The number of thiophene rings is 1. The molecule has 3 atom stereocenters. The van der Waals surface area contributed by atoms with Gasteiger partial charge in [0.25, 0.3) is 0 Å². The van der Waals surface area contributed by atoms with Crippen molar-refractivity contribution < 1.29 is 13.2 Å². The summed E-state index contributed by atoms with van der Waals surface area (Å²) in [5, 5.41) is 5.34. The summed E-state index contributed by atoms with van der Waals surface area (Å²) >= 11 is 1.60. The Labute approximate surface area is 129 Å². The van der Waals surface area contributed by atoms with Gasteiger partial charge in [0.05, 0.1) is 17.5 Å². The molecule has 3 heterocycles. The maximum Gasteiger partial charge on any atom is 0.241 e. The second-order valence-corrected chi connectivity index (χ2v) is 8.91. The third-order valence-electron chi connectivity index (χ3n) is 4.24. The van der Waals surface area contributed by atoms with Gasteiger partial charge in [-0.3, -0.25) is 10.1 Å². The predicted molar refractivity (Wildman–Crippen MR) is 82.8 cm³/mol. The van der Waals surface area contributed by atoms with Crippen LogP contribution in [0.2, 0.25) is 0 Å². The summed E-state index contributed by atoms with van der Waals surface area (Å²) in [4.78, 5) is 15.5. The Bertz CT molecular complexity index is 612. The maximum atomic E-state index is 12.6. The van der Waals surface area contributed by atoms with Gasteiger partial charge in [-0.1, -0.05) is 13.0 Å². The molecule has 0 radical (unpaired) electrons. The van der Waals surface area contributed by atoms with Crippen molar-refractivity contribution in [2.24, 2.45) is 0 Å². The van der Waals surface area contributed by atoms with E-state index in [1.807, 2.05) is 24.4 Å². The summed E-state index contributed by atoms with van der Waals surface area (Å²) < 4.78 is 23.8. The van der Waals surface area contributed by atoms with Crippen LogP contribution in [0.4, 0.5) is 0 Å².